The predicted molar refractivity (Wildman–Crippen MR) is 56.8 cm³/mol. The van der Waals surface area contributed by atoms with Crippen LogP contribution in [0.5, 0.6) is 5.75 Å². The summed E-state index contributed by atoms with van der Waals surface area (Å²) in [5, 5.41) is 17.8. The van der Waals surface area contributed by atoms with Gasteiger partial charge in [-0.25, -0.2) is 0 Å². The molecule has 14 heavy (non-hydrogen) atoms. The number of thioether (sulfide) groups is 1. The maximum absolute atomic E-state index is 9.17. The van der Waals surface area contributed by atoms with E-state index in [2.05, 4.69) is 0 Å². The van der Waals surface area contributed by atoms with Crippen molar-refractivity contribution in [2.75, 3.05) is 19.5 Å². The van der Waals surface area contributed by atoms with Crippen molar-refractivity contribution in [1.29, 1.82) is 0 Å². The summed E-state index contributed by atoms with van der Waals surface area (Å²) in [5.74, 6) is 1.26. The van der Waals surface area contributed by atoms with E-state index in [1.807, 2.05) is 24.3 Å². The molecule has 1 aromatic rings. The Bertz CT molecular complexity index is 278. The van der Waals surface area contributed by atoms with E-state index < -0.39 is 6.10 Å². The standard InChI is InChI=1S/C10H14O3S/c1-13-9-4-2-3-5-10(9)14-7-8(12)6-11/h2-5,8,11-12H,6-7H2,1H3. The van der Waals surface area contributed by atoms with Gasteiger partial charge in [-0.1, -0.05) is 12.1 Å². The normalized spacial score (nSPS) is 12.5. The largest absolute Gasteiger partial charge is 0.496 e. The molecule has 0 aliphatic rings. The highest BCUT2D eigenvalue weighted by atomic mass is 32.2. The summed E-state index contributed by atoms with van der Waals surface area (Å²) in [4.78, 5) is 0.975. The van der Waals surface area contributed by atoms with Crippen molar-refractivity contribution >= 4 is 11.8 Å². The van der Waals surface area contributed by atoms with E-state index in [9.17, 15) is 5.11 Å². The van der Waals surface area contributed by atoms with Crippen LogP contribution in [-0.4, -0.2) is 35.8 Å². The molecule has 0 saturated carbocycles. The first kappa shape index (κ1) is 11.4. The molecule has 0 fully saturated rings. The summed E-state index contributed by atoms with van der Waals surface area (Å²) >= 11 is 1.47. The quantitative estimate of drug-likeness (QED) is 0.722. The van der Waals surface area contributed by atoms with Crippen LogP contribution in [0.25, 0.3) is 0 Å². The molecule has 0 aromatic heterocycles. The van der Waals surface area contributed by atoms with Crippen molar-refractivity contribution in [3.8, 4) is 5.75 Å². The second-order valence-corrected chi connectivity index (χ2v) is 3.86. The summed E-state index contributed by atoms with van der Waals surface area (Å²) < 4.78 is 5.15. The lowest BCUT2D eigenvalue weighted by Crippen LogP contribution is -2.14. The van der Waals surface area contributed by atoms with Gasteiger partial charge < -0.3 is 14.9 Å². The number of hydrogen-bond acceptors (Lipinski definition) is 4. The Balaban J connectivity index is 2.57. The SMILES string of the molecule is COc1ccccc1SCC(O)CO. The molecule has 1 aromatic carbocycles. The molecule has 0 saturated heterocycles. The molecule has 0 aliphatic carbocycles. The minimum atomic E-state index is -0.676. The number of aliphatic hydroxyl groups is 2. The molecule has 0 radical (unpaired) electrons. The minimum absolute atomic E-state index is 0.206. The second-order valence-electron chi connectivity index (χ2n) is 2.80. The first-order valence-electron chi connectivity index (χ1n) is 4.32. The summed E-state index contributed by atoms with van der Waals surface area (Å²) in [6.07, 6.45) is -0.676. The average Bonchev–Trinajstić information content (AvgIpc) is 2.26. The molecule has 0 spiro atoms. The van der Waals surface area contributed by atoms with Gasteiger partial charge in [0.1, 0.15) is 5.75 Å². The third-order valence-electron chi connectivity index (χ3n) is 1.71. The molecule has 1 rings (SSSR count). The first-order chi connectivity index (χ1) is 6.77. The van der Waals surface area contributed by atoms with Gasteiger partial charge in [-0.15, -0.1) is 11.8 Å². The lowest BCUT2D eigenvalue weighted by molar-refractivity contribution is 0.113. The lowest BCUT2D eigenvalue weighted by Gasteiger charge is -2.09. The van der Waals surface area contributed by atoms with Gasteiger partial charge in [0.05, 0.1) is 19.8 Å². The van der Waals surface area contributed by atoms with Crippen molar-refractivity contribution in [3.05, 3.63) is 24.3 Å². The number of para-hydroxylation sites is 1. The fourth-order valence-corrected chi connectivity index (χ4v) is 1.92. The van der Waals surface area contributed by atoms with Crippen LogP contribution in [0.2, 0.25) is 0 Å². The number of rotatable bonds is 5. The molecule has 1 atom stereocenters. The van der Waals surface area contributed by atoms with Gasteiger partial charge in [-0.05, 0) is 12.1 Å². The van der Waals surface area contributed by atoms with E-state index in [-0.39, 0.29) is 6.61 Å². The smallest absolute Gasteiger partial charge is 0.132 e. The Kier molecular flexibility index (Phi) is 4.79. The topological polar surface area (TPSA) is 49.7 Å². The van der Waals surface area contributed by atoms with Crippen LogP contribution in [0.1, 0.15) is 0 Å². The van der Waals surface area contributed by atoms with E-state index in [1.165, 1.54) is 11.8 Å². The van der Waals surface area contributed by atoms with Crippen LogP contribution in [0.3, 0.4) is 0 Å². The molecular weight excluding hydrogens is 200 g/mol. The second kappa shape index (κ2) is 5.90. The van der Waals surface area contributed by atoms with Crippen LogP contribution >= 0.6 is 11.8 Å². The van der Waals surface area contributed by atoms with Gasteiger partial charge in [-0.2, -0.15) is 0 Å². The number of benzene rings is 1. The molecule has 78 valence electrons. The summed E-state index contributed by atoms with van der Waals surface area (Å²) in [5.41, 5.74) is 0. The molecule has 1 unspecified atom stereocenters. The van der Waals surface area contributed by atoms with Gasteiger partial charge in [0.15, 0.2) is 0 Å². The minimum Gasteiger partial charge on any atom is -0.496 e. The molecule has 2 N–H and O–H groups in total. The highest BCUT2D eigenvalue weighted by molar-refractivity contribution is 7.99. The Morgan fingerprint density at radius 2 is 2.14 bits per heavy atom. The van der Waals surface area contributed by atoms with Crippen molar-refractivity contribution in [2.24, 2.45) is 0 Å². The Morgan fingerprint density at radius 1 is 1.43 bits per heavy atom. The molecule has 0 aliphatic heterocycles. The average molecular weight is 214 g/mol. The highest BCUT2D eigenvalue weighted by Gasteiger charge is 2.06. The molecule has 0 heterocycles. The van der Waals surface area contributed by atoms with Crippen molar-refractivity contribution in [2.45, 2.75) is 11.0 Å². The zero-order valence-corrected chi connectivity index (χ0v) is 8.83. The highest BCUT2D eigenvalue weighted by Crippen LogP contribution is 2.28. The van der Waals surface area contributed by atoms with E-state index >= 15 is 0 Å². The van der Waals surface area contributed by atoms with Crippen LogP contribution in [-0.2, 0) is 0 Å². The van der Waals surface area contributed by atoms with E-state index in [1.54, 1.807) is 7.11 Å². The third-order valence-corrected chi connectivity index (χ3v) is 2.91. The first-order valence-corrected chi connectivity index (χ1v) is 5.31. The van der Waals surface area contributed by atoms with Gasteiger partial charge in [0, 0.05) is 10.6 Å². The lowest BCUT2D eigenvalue weighted by atomic mass is 10.3. The number of aliphatic hydroxyl groups excluding tert-OH is 2. The number of hydrogen-bond donors (Lipinski definition) is 2. The predicted octanol–water partition coefficient (Wildman–Crippen LogP) is 1.14. The monoisotopic (exact) mass is 214 g/mol. The fourth-order valence-electron chi connectivity index (χ4n) is 0.977. The number of ether oxygens (including phenoxy) is 1. The molecular formula is C10H14O3S. The molecule has 3 nitrogen and oxygen atoms in total. The van der Waals surface area contributed by atoms with Crippen LogP contribution in [0.15, 0.2) is 29.2 Å². The van der Waals surface area contributed by atoms with Gasteiger partial charge in [-0.3, -0.25) is 0 Å². The molecule has 0 bridgehead atoms. The zero-order valence-electron chi connectivity index (χ0n) is 8.01. The zero-order chi connectivity index (χ0) is 10.4. The van der Waals surface area contributed by atoms with Gasteiger partial charge in [0.2, 0.25) is 0 Å². The van der Waals surface area contributed by atoms with E-state index in [0.29, 0.717) is 5.75 Å². The van der Waals surface area contributed by atoms with Crippen LogP contribution in [0.4, 0.5) is 0 Å². The number of methoxy groups -OCH3 is 1. The molecule has 4 heteroatoms. The van der Waals surface area contributed by atoms with Crippen LogP contribution < -0.4 is 4.74 Å². The Labute approximate surface area is 87.7 Å². The van der Waals surface area contributed by atoms with Gasteiger partial charge >= 0.3 is 0 Å². The maximum Gasteiger partial charge on any atom is 0.132 e. The van der Waals surface area contributed by atoms with Gasteiger partial charge in [0.25, 0.3) is 0 Å². The summed E-state index contributed by atoms with van der Waals surface area (Å²) in [7, 11) is 1.61. The summed E-state index contributed by atoms with van der Waals surface area (Å²) in [6, 6.07) is 7.60. The Hall–Kier alpha value is -0.710. The van der Waals surface area contributed by atoms with Crippen LogP contribution in [0, 0.1) is 0 Å². The summed E-state index contributed by atoms with van der Waals surface area (Å²) in [6.45, 7) is -0.206. The van der Waals surface area contributed by atoms with Crippen molar-refractivity contribution in [3.63, 3.8) is 0 Å². The van der Waals surface area contributed by atoms with Crippen molar-refractivity contribution < 1.29 is 14.9 Å². The molecule has 0 amide bonds. The van der Waals surface area contributed by atoms with Crippen molar-refractivity contribution in [1.82, 2.24) is 0 Å². The Morgan fingerprint density at radius 3 is 2.79 bits per heavy atom. The third kappa shape index (κ3) is 3.21. The van der Waals surface area contributed by atoms with E-state index in [4.69, 9.17) is 9.84 Å². The van der Waals surface area contributed by atoms with E-state index in [0.717, 1.165) is 10.6 Å². The fraction of sp³-hybridized carbons (Fsp3) is 0.400. The maximum atomic E-state index is 9.17.